The molecule has 0 aromatic carbocycles. The Balaban J connectivity index is 2.01. The van der Waals surface area contributed by atoms with Gasteiger partial charge in [-0.1, -0.05) is 0 Å². The molecule has 16 heteroatoms. The number of amides is 3. The number of carbonyl (C=O) groups is 3. The van der Waals surface area contributed by atoms with Crippen molar-refractivity contribution in [2.75, 3.05) is 73.0 Å². The number of rotatable bonds is 19. The predicted molar refractivity (Wildman–Crippen MR) is 125 cm³/mol. The number of ether oxygens (including phenoxy) is 4. The minimum atomic E-state index is -0.666. The van der Waals surface area contributed by atoms with Crippen LogP contribution in [0.3, 0.4) is 0 Å². The van der Waals surface area contributed by atoms with E-state index in [0.717, 1.165) is 6.07 Å². The zero-order valence-corrected chi connectivity index (χ0v) is 20.7. The molecule has 0 atom stereocenters. The van der Waals surface area contributed by atoms with Gasteiger partial charge in [-0.15, -0.1) is 0 Å². The number of likely N-dealkylation sites (N-methyl/N-ethyl adjacent to an activating group) is 1. The summed E-state index contributed by atoms with van der Waals surface area (Å²) in [6, 6.07) is 1.10. The normalized spacial score (nSPS) is 10.6. The number of nitro groups is 1. The molecule has 1 aromatic heterocycles. The molecule has 3 N–H and O–H groups in total. The zero-order valence-electron chi connectivity index (χ0n) is 19.1. The summed E-state index contributed by atoms with van der Waals surface area (Å²) in [5.41, 5.74) is -0.327. The lowest BCUT2D eigenvalue weighted by Crippen LogP contribution is -2.31. The van der Waals surface area contributed by atoms with Gasteiger partial charge in [0.05, 0.1) is 50.1 Å². The Hall–Kier alpha value is -2.56. The van der Waals surface area contributed by atoms with E-state index in [9.17, 15) is 24.5 Å². The Morgan fingerprint density at radius 3 is 2.11 bits per heavy atom. The summed E-state index contributed by atoms with van der Waals surface area (Å²) >= 11 is 0. The van der Waals surface area contributed by atoms with Crippen molar-refractivity contribution >= 4 is 45.1 Å². The minimum Gasteiger partial charge on any atom is -0.377 e. The first kappa shape index (κ1) is 30.5. The Morgan fingerprint density at radius 1 is 0.971 bits per heavy atom. The van der Waals surface area contributed by atoms with E-state index in [1.165, 1.54) is 13.2 Å². The van der Waals surface area contributed by atoms with Crippen molar-refractivity contribution in [2.24, 2.45) is 0 Å². The summed E-state index contributed by atoms with van der Waals surface area (Å²) in [6.07, 6.45) is 1.20. The fourth-order valence-corrected chi connectivity index (χ4v) is 2.91. The largest absolute Gasteiger partial charge is 0.377 e. The van der Waals surface area contributed by atoms with Crippen molar-refractivity contribution in [2.45, 2.75) is 5.03 Å². The van der Waals surface area contributed by atoms with Crippen LogP contribution >= 0.6 is 21.7 Å². The summed E-state index contributed by atoms with van der Waals surface area (Å²) in [4.78, 5) is 48.8. The van der Waals surface area contributed by atoms with Gasteiger partial charge in [0.1, 0.15) is 13.2 Å². The number of carbonyl (C=O) groups excluding carboxylic acids is 3. The number of pyridine rings is 1. The van der Waals surface area contributed by atoms with Crippen molar-refractivity contribution in [3.63, 3.8) is 0 Å². The van der Waals surface area contributed by atoms with Gasteiger partial charge in [-0.3, -0.25) is 24.5 Å². The SMILES string of the molecule is CNC(=O)COCCOCCNC(=O)COCCOCCNC(=O)c1cnc(SCl)c([N+](=O)[O-])c1. The number of nitrogens with one attached hydrogen (secondary N) is 3. The quantitative estimate of drug-likeness (QED) is 0.122. The first-order valence-corrected chi connectivity index (χ1v) is 12.0. The molecule has 3 amide bonds. The first-order chi connectivity index (χ1) is 16.9. The fourth-order valence-electron chi connectivity index (χ4n) is 2.25. The third-order valence-corrected chi connectivity index (χ3v) is 4.85. The van der Waals surface area contributed by atoms with E-state index in [2.05, 4.69) is 20.9 Å². The Bertz CT molecular complexity index is 834. The van der Waals surface area contributed by atoms with Crippen LogP contribution in [-0.2, 0) is 28.5 Å². The molecule has 0 aliphatic rings. The van der Waals surface area contributed by atoms with Crippen LogP contribution in [0.2, 0.25) is 0 Å². The maximum absolute atomic E-state index is 12.1. The van der Waals surface area contributed by atoms with Crippen LogP contribution in [0.15, 0.2) is 17.3 Å². The molecule has 0 fully saturated rings. The van der Waals surface area contributed by atoms with Crippen LogP contribution < -0.4 is 16.0 Å². The molecule has 0 saturated carbocycles. The highest BCUT2D eigenvalue weighted by Gasteiger charge is 2.19. The lowest BCUT2D eigenvalue weighted by molar-refractivity contribution is -0.388. The monoisotopic (exact) mass is 537 g/mol. The highest BCUT2D eigenvalue weighted by Crippen LogP contribution is 2.29. The van der Waals surface area contributed by atoms with Gasteiger partial charge in [0.2, 0.25) is 11.8 Å². The standard InChI is InChI=1S/C19H28ClN5O9S/c1-21-16(26)12-33-8-6-31-4-2-22-17(27)13-34-9-7-32-5-3-23-18(28)14-10-15(25(29)30)19(35-20)24-11-14/h10-11H,2-9,12-13H2,1H3,(H,21,26)(H,22,27)(H,23,28). The average Bonchev–Trinajstić information content (AvgIpc) is 2.86. The van der Waals surface area contributed by atoms with Crippen molar-refractivity contribution in [3.8, 4) is 0 Å². The molecule has 1 rings (SSSR count). The lowest BCUT2D eigenvalue weighted by Gasteiger charge is -2.09. The summed E-state index contributed by atoms with van der Waals surface area (Å²) < 4.78 is 20.8. The van der Waals surface area contributed by atoms with E-state index < -0.39 is 10.8 Å². The first-order valence-electron chi connectivity index (χ1n) is 10.4. The van der Waals surface area contributed by atoms with Crippen molar-refractivity contribution in [3.05, 3.63) is 27.9 Å². The van der Waals surface area contributed by atoms with Gasteiger partial charge in [-0.05, 0) is 10.7 Å². The topological polar surface area (TPSA) is 180 Å². The molecule has 14 nitrogen and oxygen atoms in total. The molecule has 0 spiro atoms. The van der Waals surface area contributed by atoms with E-state index in [0.29, 0.717) is 30.7 Å². The molecule has 35 heavy (non-hydrogen) atoms. The van der Waals surface area contributed by atoms with Crippen molar-refractivity contribution in [1.82, 2.24) is 20.9 Å². The van der Waals surface area contributed by atoms with Crippen molar-refractivity contribution < 1.29 is 38.3 Å². The fraction of sp³-hybridized carbons (Fsp3) is 0.579. The van der Waals surface area contributed by atoms with Gasteiger partial charge < -0.3 is 34.9 Å². The zero-order chi connectivity index (χ0) is 25.9. The Morgan fingerprint density at radius 2 is 1.54 bits per heavy atom. The molecule has 0 aliphatic carbocycles. The number of hydrogen-bond donors (Lipinski definition) is 3. The smallest absolute Gasteiger partial charge is 0.303 e. The molecule has 0 bridgehead atoms. The highest BCUT2D eigenvalue weighted by molar-refractivity contribution is 8.21. The molecule has 0 aliphatic heterocycles. The van der Waals surface area contributed by atoms with E-state index in [-0.39, 0.29) is 74.3 Å². The van der Waals surface area contributed by atoms with Gasteiger partial charge >= 0.3 is 5.69 Å². The second-order valence-electron chi connectivity index (χ2n) is 6.49. The maximum Gasteiger partial charge on any atom is 0.303 e. The maximum atomic E-state index is 12.1. The predicted octanol–water partition coefficient (Wildman–Crippen LogP) is -0.106. The van der Waals surface area contributed by atoms with Crippen LogP contribution in [0.1, 0.15) is 10.4 Å². The Labute approximate surface area is 210 Å². The van der Waals surface area contributed by atoms with Gasteiger partial charge in [0.25, 0.3) is 5.91 Å². The van der Waals surface area contributed by atoms with Gasteiger partial charge in [0, 0.05) is 43.4 Å². The lowest BCUT2D eigenvalue weighted by atomic mass is 10.2. The summed E-state index contributed by atoms with van der Waals surface area (Å²) in [5, 5.41) is 18.6. The summed E-state index contributed by atoms with van der Waals surface area (Å²) in [6.45, 7) is 1.73. The molecule has 1 aromatic rings. The molecular formula is C19H28ClN5O9S. The molecule has 0 unspecified atom stereocenters. The van der Waals surface area contributed by atoms with E-state index in [1.54, 1.807) is 0 Å². The van der Waals surface area contributed by atoms with Crippen molar-refractivity contribution in [1.29, 1.82) is 0 Å². The van der Waals surface area contributed by atoms with E-state index >= 15 is 0 Å². The number of aromatic nitrogens is 1. The van der Waals surface area contributed by atoms with Crippen LogP contribution in [0.25, 0.3) is 0 Å². The van der Waals surface area contributed by atoms with E-state index in [1.807, 2.05) is 0 Å². The molecule has 0 radical (unpaired) electrons. The van der Waals surface area contributed by atoms with Gasteiger partial charge in [0.15, 0.2) is 5.03 Å². The van der Waals surface area contributed by atoms with Crippen LogP contribution in [0, 0.1) is 10.1 Å². The van der Waals surface area contributed by atoms with Crippen LogP contribution in [0.5, 0.6) is 0 Å². The van der Waals surface area contributed by atoms with Crippen LogP contribution in [0.4, 0.5) is 5.69 Å². The van der Waals surface area contributed by atoms with E-state index in [4.69, 9.17) is 29.6 Å². The van der Waals surface area contributed by atoms with Gasteiger partial charge in [-0.25, -0.2) is 4.98 Å². The highest BCUT2D eigenvalue weighted by atomic mass is 35.7. The number of nitrogens with zero attached hydrogens (tertiary/aromatic N) is 2. The molecular weight excluding hydrogens is 510 g/mol. The molecule has 1 heterocycles. The molecule has 0 saturated heterocycles. The van der Waals surface area contributed by atoms with Crippen LogP contribution in [-0.4, -0.2) is 101 Å². The third kappa shape index (κ3) is 13.8. The number of hydrogen-bond acceptors (Lipinski definition) is 11. The molecule has 196 valence electrons. The average molecular weight is 538 g/mol. The summed E-state index contributed by atoms with van der Waals surface area (Å²) in [5.74, 6) is -1.06. The Kier molecular flexibility index (Phi) is 16.3. The second-order valence-corrected chi connectivity index (χ2v) is 7.50. The second kappa shape index (κ2) is 18.7. The van der Waals surface area contributed by atoms with Gasteiger partial charge in [-0.2, -0.15) is 0 Å². The minimum absolute atomic E-state index is 0.000354. The number of halogens is 1. The summed E-state index contributed by atoms with van der Waals surface area (Å²) in [7, 11) is 7.64. The third-order valence-electron chi connectivity index (χ3n) is 3.95.